The second-order valence-corrected chi connectivity index (χ2v) is 6.85. The van der Waals surface area contributed by atoms with E-state index in [4.69, 9.17) is 4.52 Å². The molecule has 2 rings (SSSR count). The molecule has 2 aromatic heterocycles. The molecule has 0 fully saturated rings. The van der Waals surface area contributed by atoms with Crippen molar-refractivity contribution in [3.05, 3.63) is 34.1 Å². The molecule has 0 aliphatic heterocycles. The molecule has 2 N–H and O–H groups in total. The Bertz CT molecular complexity index is 606. The van der Waals surface area contributed by atoms with Crippen LogP contribution in [0.5, 0.6) is 0 Å². The van der Waals surface area contributed by atoms with Gasteiger partial charge < -0.3 is 15.2 Å². The van der Waals surface area contributed by atoms with Gasteiger partial charge in [0.15, 0.2) is 11.8 Å². The smallest absolute Gasteiger partial charge is 0.226 e. The van der Waals surface area contributed by atoms with Crippen molar-refractivity contribution in [2.75, 3.05) is 19.6 Å². The molecule has 0 saturated carbocycles. The lowest BCUT2D eigenvalue weighted by Crippen LogP contribution is -2.38. The fraction of sp³-hybridized carbons (Fsp3) is 0.588. The molecular weight excluding hydrogens is 322 g/mol. The maximum Gasteiger partial charge on any atom is 0.226 e. The lowest BCUT2D eigenvalue weighted by molar-refractivity contribution is 0.369. The summed E-state index contributed by atoms with van der Waals surface area (Å²) < 4.78 is 5.25. The van der Waals surface area contributed by atoms with Crippen molar-refractivity contribution < 1.29 is 4.52 Å². The topological polar surface area (TPSA) is 75.3 Å². The van der Waals surface area contributed by atoms with E-state index in [2.05, 4.69) is 64.1 Å². The van der Waals surface area contributed by atoms with Crippen molar-refractivity contribution in [3.63, 3.8) is 0 Å². The molecular formula is C17H27N5OS. The first-order valence-corrected chi connectivity index (χ1v) is 9.44. The van der Waals surface area contributed by atoms with Gasteiger partial charge in [0.25, 0.3) is 0 Å². The minimum atomic E-state index is 0.299. The van der Waals surface area contributed by atoms with Gasteiger partial charge in [0, 0.05) is 36.9 Å². The fourth-order valence-corrected chi connectivity index (χ4v) is 2.83. The molecule has 7 heteroatoms. The van der Waals surface area contributed by atoms with Crippen molar-refractivity contribution in [2.45, 2.75) is 46.0 Å². The number of guanidine groups is 1. The number of nitrogens with one attached hydrogen (secondary N) is 2. The Kier molecular flexibility index (Phi) is 7.74. The van der Waals surface area contributed by atoms with Crippen LogP contribution in [-0.2, 0) is 12.8 Å². The van der Waals surface area contributed by atoms with Gasteiger partial charge in [-0.2, -0.15) is 4.98 Å². The maximum absolute atomic E-state index is 5.25. The standard InChI is InChI=1S/C17H27N5OS/c1-4-18-17(20-11-9-14-7-6-12-24-14)19-10-5-8-15-21-16(13(2)3)22-23-15/h6-7,12-13H,4-5,8-11H2,1-3H3,(H2,18,19,20). The van der Waals surface area contributed by atoms with Gasteiger partial charge in [-0.15, -0.1) is 11.3 Å². The largest absolute Gasteiger partial charge is 0.357 e. The number of aryl methyl sites for hydroxylation is 1. The molecule has 6 nitrogen and oxygen atoms in total. The van der Waals surface area contributed by atoms with Gasteiger partial charge in [-0.3, -0.25) is 4.99 Å². The van der Waals surface area contributed by atoms with Crippen LogP contribution in [0.4, 0.5) is 0 Å². The number of rotatable bonds is 9. The van der Waals surface area contributed by atoms with E-state index in [0.29, 0.717) is 11.8 Å². The third kappa shape index (κ3) is 6.31. The quantitative estimate of drug-likeness (QED) is 0.413. The van der Waals surface area contributed by atoms with Crippen LogP contribution in [0, 0.1) is 0 Å². The number of hydrogen-bond acceptors (Lipinski definition) is 5. The molecule has 0 bridgehead atoms. The SMILES string of the molecule is CCNC(=NCCCc1nc(C(C)C)no1)NCCc1cccs1. The summed E-state index contributed by atoms with van der Waals surface area (Å²) in [5.41, 5.74) is 0. The summed E-state index contributed by atoms with van der Waals surface area (Å²) in [6.07, 6.45) is 2.67. The summed E-state index contributed by atoms with van der Waals surface area (Å²) in [5.74, 6) is 2.64. The van der Waals surface area contributed by atoms with Crippen molar-refractivity contribution in [1.29, 1.82) is 0 Å². The Morgan fingerprint density at radius 2 is 2.21 bits per heavy atom. The van der Waals surface area contributed by atoms with Crippen LogP contribution in [0.2, 0.25) is 0 Å². The Morgan fingerprint density at radius 1 is 1.33 bits per heavy atom. The van der Waals surface area contributed by atoms with Crippen molar-refractivity contribution in [2.24, 2.45) is 4.99 Å². The third-order valence-corrected chi connectivity index (χ3v) is 4.34. The molecule has 0 aromatic carbocycles. The highest BCUT2D eigenvalue weighted by Crippen LogP contribution is 2.10. The highest BCUT2D eigenvalue weighted by molar-refractivity contribution is 7.09. The first-order chi connectivity index (χ1) is 11.7. The number of nitrogens with zero attached hydrogens (tertiary/aromatic N) is 3. The highest BCUT2D eigenvalue weighted by Gasteiger charge is 2.08. The van der Waals surface area contributed by atoms with Crippen molar-refractivity contribution in [1.82, 2.24) is 20.8 Å². The predicted molar refractivity (Wildman–Crippen MR) is 98.7 cm³/mol. The molecule has 0 aliphatic rings. The Labute approximate surface area is 147 Å². The van der Waals surface area contributed by atoms with Crippen LogP contribution in [0.1, 0.15) is 49.7 Å². The minimum Gasteiger partial charge on any atom is -0.357 e. The van der Waals surface area contributed by atoms with Crippen LogP contribution in [-0.4, -0.2) is 35.7 Å². The monoisotopic (exact) mass is 349 g/mol. The van der Waals surface area contributed by atoms with Gasteiger partial charge in [-0.25, -0.2) is 0 Å². The molecule has 0 spiro atoms. The predicted octanol–water partition coefficient (Wildman–Crippen LogP) is 2.98. The molecule has 2 heterocycles. The fourth-order valence-electron chi connectivity index (χ4n) is 2.13. The van der Waals surface area contributed by atoms with E-state index in [0.717, 1.165) is 50.7 Å². The van der Waals surface area contributed by atoms with Gasteiger partial charge in [0.2, 0.25) is 5.89 Å². The zero-order valence-corrected chi connectivity index (χ0v) is 15.5. The Balaban J connectivity index is 1.71. The number of hydrogen-bond donors (Lipinski definition) is 2. The molecule has 24 heavy (non-hydrogen) atoms. The Hall–Kier alpha value is -1.89. The molecule has 0 amide bonds. The van der Waals surface area contributed by atoms with Gasteiger partial charge in [0.1, 0.15) is 0 Å². The summed E-state index contributed by atoms with van der Waals surface area (Å²) >= 11 is 1.79. The second-order valence-electron chi connectivity index (χ2n) is 5.82. The van der Waals surface area contributed by atoms with E-state index in [-0.39, 0.29) is 0 Å². The summed E-state index contributed by atoms with van der Waals surface area (Å²) in [7, 11) is 0. The van der Waals surface area contributed by atoms with E-state index in [9.17, 15) is 0 Å². The summed E-state index contributed by atoms with van der Waals surface area (Å²) in [4.78, 5) is 10.4. The summed E-state index contributed by atoms with van der Waals surface area (Å²) in [6, 6.07) is 4.24. The molecule has 0 aliphatic carbocycles. The zero-order valence-electron chi connectivity index (χ0n) is 14.7. The van der Waals surface area contributed by atoms with E-state index in [1.54, 1.807) is 11.3 Å². The minimum absolute atomic E-state index is 0.299. The number of aliphatic imine (C=N–C) groups is 1. The van der Waals surface area contributed by atoms with Crippen LogP contribution >= 0.6 is 11.3 Å². The van der Waals surface area contributed by atoms with Crippen LogP contribution < -0.4 is 10.6 Å². The van der Waals surface area contributed by atoms with Crippen molar-refractivity contribution in [3.8, 4) is 0 Å². The van der Waals surface area contributed by atoms with Crippen LogP contribution in [0.3, 0.4) is 0 Å². The van der Waals surface area contributed by atoms with Gasteiger partial charge in [-0.1, -0.05) is 25.1 Å². The lowest BCUT2D eigenvalue weighted by Gasteiger charge is -2.10. The first kappa shape index (κ1) is 18.4. The zero-order chi connectivity index (χ0) is 17.2. The average molecular weight is 350 g/mol. The molecule has 2 aromatic rings. The first-order valence-electron chi connectivity index (χ1n) is 8.56. The van der Waals surface area contributed by atoms with Crippen molar-refractivity contribution >= 4 is 17.3 Å². The van der Waals surface area contributed by atoms with E-state index in [1.165, 1.54) is 4.88 Å². The summed E-state index contributed by atoms with van der Waals surface area (Å²) in [6.45, 7) is 8.66. The molecule has 0 saturated heterocycles. The number of aromatic nitrogens is 2. The molecule has 0 unspecified atom stereocenters. The Morgan fingerprint density at radius 3 is 2.88 bits per heavy atom. The summed E-state index contributed by atoms with van der Waals surface area (Å²) in [5, 5.41) is 12.7. The molecule has 0 atom stereocenters. The normalized spacial score (nSPS) is 11.9. The lowest BCUT2D eigenvalue weighted by atomic mass is 10.2. The van der Waals surface area contributed by atoms with Gasteiger partial charge in [-0.05, 0) is 31.2 Å². The number of thiophene rings is 1. The van der Waals surface area contributed by atoms with E-state index >= 15 is 0 Å². The van der Waals surface area contributed by atoms with Gasteiger partial charge in [0.05, 0.1) is 0 Å². The van der Waals surface area contributed by atoms with E-state index in [1.807, 2.05) is 0 Å². The van der Waals surface area contributed by atoms with Gasteiger partial charge >= 0.3 is 0 Å². The second kappa shape index (κ2) is 10.1. The maximum atomic E-state index is 5.25. The average Bonchev–Trinajstić information content (AvgIpc) is 3.23. The van der Waals surface area contributed by atoms with E-state index < -0.39 is 0 Å². The molecule has 132 valence electrons. The van der Waals surface area contributed by atoms with Crippen LogP contribution in [0.15, 0.2) is 27.0 Å². The van der Waals surface area contributed by atoms with Crippen LogP contribution in [0.25, 0.3) is 0 Å². The molecule has 0 radical (unpaired) electrons. The highest BCUT2D eigenvalue weighted by atomic mass is 32.1. The third-order valence-electron chi connectivity index (χ3n) is 3.41.